The van der Waals surface area contributed by atoms with E-state index in [9.17, 15) is 9.59 Å². The average Bonchev–Trinajstić information content (AvgIpc) is 2.87. The molecule has 2 aromatic carbocycles. The lowest BCUT2D eigenvalue weighted by Crippen LogP contribution is -2.32. The summed E-state index contributed by atoms with van der Waals surface area (Å²) >= 11 is 0. The van der Waals surface area contributed by atoms with Crippen LogP contribution in [-0.4, -0.2) is 75.9 Å². The molecule has 0 amide bonds. The van der Waals surface area contributed by atoms with Gasteiger partial charge in [0.25, 0.3) is 0 Å². The molecule has 0 aliphatic heterocycles. The minimum Gasteiger partial charge on any atom is -0.494 e. The van der Waals surface area contributed by atoms with Crippen molar-refractivity contribution >= 4 is 36.4 Å². The zero-order valence-electron chi connectivity index (χ0n) is 23.8. The molecule has 2 aromatic rings. The molecule has 38 heavy (non-hydrogen) atoms. The summed E-state index contributed by atoms with van der Waals surface area (Å²) in [4.78, 5) is 30.9. The number of rotatable bonds is 17. The summed E-state index contributed by atoms with van der Waals surface area (Å²) in [6, 6.07) is 14.8. The lowest BCUT2D eigenvalue weighted by molar-refractivity contribution is 0.0834. The molecule has 2 atom stereocenters. The number of hydrogen-bond donors (Lipinski definition) is 0. The quantitative estimate of drug-likeness (QED) is 0.208. The smallest absolute Gasteiger partial charge is 0.167 e. The first-order valence-electron chi connectivity index (χ1n) is 13.1. The second-order valence-electron chi connectivity index (χ2n) is 9.97. The number of ketones is 2. The maximum atomic E-state index is 13.4. The SMILES string of the molecule is CCCOc1ccc(C(=O)C(CCC(CN(C)C)C(=O)c2ccc(OCCC)cc2)CN(C)C)cc1.Cl.Cl. The van der Waals surface area contributed by atoms with Crippen molar-refractivity contribution < 1.29 is 19.1 Å². The van der Waals surface area contributed by atoms with Crippen LogP contribution in [0.2, 0.25) is 0 Å². The summed E-state index contributed by atoms with van der Waals surface area (Å²) in [7, 11) is 7.92. The first-order valence-corrected chi connectivity index (χ1v) is 13.1. The lowest BCUT2D eigenvalue weighted by Gasteiger charge is -2.24. The van der Waals surface area contributed by atoms with E-state index in [0.29, 0.717) is 50.3 Å². The molecule has 6 nitrogen and oxygen atoms in total. The molecule has 0 aliphatic rings. The second-order valence-corrected chi connectivity index (χ2v) is 9.97. The third kappa shape index (κ3) is 12.2. The van der Waals surface area contributed by atoms with Crippen molar-refractivity contribution in [3.05, 3.63) is 59.7 Å². The van der Waals surface area contributed by atoms with Gasteiger partial charge >= 0.3 is 0 Å². The van der Waals surface area contributed by atoms with Crippen molar-refractivity contribution in [1.82, 2.24) is 9.80 Å². The van der Waals surface area contributed by atoms with Gasteiger partial charge in [-0.2, -0.15) is 0 Å². The van der Waals surface area contributed by atoms with E-state index in [4.69, 9.17) is 9.47 Å². The molecular weight excluding hydrogens is 523 g/mol. The number of nitrogens with zero attached hydrogens (tertiary/aromatic N) is 2. The molecule has 2 unspecified atom stereocenters. The van der Waals surface area contributed by atoms with Crippen molar-refractivity contribution in [2.75, 3.05) is 54.5 Å². The van der Waals surface area contributed by atoms with Crippen molar-refractivity contribution in [3.8, 4) is 11.5 Å². The first kappa shape index (κ1) is 35.9. The molecule has 214 valence electrons. The van der Waals surface area contributed by atoms with Gasteiger partial charge in [-0.3, -0.25) is 9.59 Å². The average molecular weight is 570 g/mol. The van der Waals surface area contributed by atoms with Gasteiger partial charge in [-0.15, -0.1) is 24.8 Å². The summed E-state index contributed by atoms with van der Waals surface area (Å²) in [5, 5.41) is 0. The lowest BCUT2D eigenvalue weighted by atomic mass is 9.86. The standard InChI is InChI=1S/C30H44N2O4.2ClH/c1-7-19-35-27-15-11-23(12-16-27)29(33)25(21-31(3)4)9-10-26(22-32(5)6)30(34)24-13-17-28(18-14-24)36-20-8-2;;/h11-18,25-26H,7-10,19-22H2,1-6H3;2*1H. The summed E-state index contributed by atoms with van der Waals surface area (Å²) in [5.74, 6) is 1.40. The molecule has 8 heteroatoms. The number of carbonyl (C=O) groups excluding carboxylic acids is 2. The van der Waals surface area contributed by atoms with Gasteiger partial charge in [0, 0.05) is 36.1 Å². The third-order valence-corrected chi connectivity index (χ3v) is 6.00. The van der Waals surface area contributed by atoms with Gasteiger partial charge < -0.3 is 19.3 Å². The zero-order chi connectivity index (χ0) is 26.5. The summed E-state index contributed by atoms with van der Waals surface area (Å²) < 4.78 is 11.3. The van der Waals surface area contributed by atoms with Crippen LogP contribution in [0.25, 0.3) is 0 Å². The first-order chi connectivity index (χ1) is 17.2. The highest BCUT2D eigenvalue weighted by Crippen LogP contribution is 2.24. The van der Waals surface area contributed by atoms with E-state index in [1.807, 2.05) is 86.5 Å². The van der Waals surface area contributed by atoms with Crippen LogP contribution in [0, 0.1) is 11.8 Å². The van der Waals surface area contributed by atoms with E-state index in [1.165, 1.54) is 0 Å². The topological polar surface area (TPSA) is 59.1 Å². The Balaban J connectivity index is 0.00000684. The zero-order valence-corrected chi connectivity index (χ0v) is 25.4. The summed E-state index contributed by atoms with van der Waals surface area (Å²) in [6.45, 7) is 6.72. The molecule has 0 saturated carbocycles. The van der Waals surface area contributed by atoms with Crippen LogP contribution in [0.4, 0.5) is 0 Å². The van der Waals surface area contributed by atoms with Crippen LogP contribution in [0.5, 0.6) is 11.5 Å². The van der Waals surface area contributed by atoms with E-state index < -0.39 is 0 Å². The monoisotopic (exact) mass is 568 g/mol. The van der Waals surface area contributed by atoms with Gasteiger partial charge in [-0.05, 0) is 102 Å². The number of carbonyl (C=O) groups is 2. The Kier molecular flexibility index (Phi) is 18.0. The van der Waals surface area contributed by atoms with Crippen molar-refractivity contribution in [2.24, 2.45) is 11.8 Å². The van der Waals surface area contributed by atoms with E-state index >= 15 is 0 Å². The summed E-state index contributed by atoms with van der Waals surface area (Å²) in [6.07, 6.45) is 3.17. The Hall–Kier alpha value is -2.12. The highest BCUT2D eigenvalue weighted by Gasteiger charge is 2.26. The number of benzene rings is 2. The molecule has 0 N–H and O–H groups in total. The molecular formula is C30H46Cl2N2O4. The van der Waals surface area contributed by atoms with Gasteiger partial charge in [0.1, 0.15) is 11.5 Å². The van der Waals surface area contributed by atoms with Crippen LogP contribution in [0.15, 0.2) is 48.5 Å². The predicted molar refractivity (Wildman–Crippen MR) is 161 cm³/mol. The third-order valence-electron chi connectivity index (χ3n) is 6.00. The normalized spacial score (nSPS) is 12.3. The van der Waals surface area contributed by atoms with Crippen LogP contribution < -0.4 is 9.47 Å². The number of ether oxygens (including phenoxy) is 2. The molecule has 0 radical (unpaired) electrons. The molecule has 0 bridgehead atoms. The Labute approximate surface area is 241 Å². The van der Waals surface area contributed by atoms with Gasteiger partial charge in [-0.25, -0.2) is 0 Å². The predicted octanol–water partition coefficient (Wildman–Crippen LogP) is 6.31. The highest BCUT2D eigenvalue weighted by molar-refractivity contribution is 5.99. The van der Waals surface area contributed by atoms with Crippen molar-refractivity contribution in [3.63, 3.8) is 0 Å². The van der Waals surface area contributed by atoms with Gasteiger partial charge in [0.05, 0.1) is 13.2 Å². The van der Waals surface area contributed by atoms with E-state index in [-0.39, 0.29) is 48.2 Å². The Morgan fingerprint density at radius 3 is 1.21 bits per heavy atom. The molecule has 2 rings (SSSR count). The molecule has 0 aromatic heterocycles. The van der Waals surface area contributed by atoms with E-state index in [2.05, 4.69) is 13.8 Å². The van der Waals surface area contributed by atoms with Crippen LogP contribution in [-0.2, 0) is 0 Å². The maximum absolute atomic E-state index is 13.4. The van der Waals surface area contributed by atoms with Crippen molar-refractivity contribution in [1.29, 1.82) is 0 Å². The second kappa shape index (κ2) is 19.0. The maximum Gasteiger partial charge on any atom is 0.167 e. The Morgan fingerprint density at radius 2 is 0.947 bits per heavy atom. The molecule has 0 aliphatic carbocycles. The van der Waals surface area contributed by atoms with Crippen LogP contribution >= 0.6 is 24.8 Å². The minimum atomic E-state index is -0.190. The molecule has 0 fully saturated rings. The fourth-order valence-corrected chi connectivity index (χ4v) is 4.24. The van der Waals surface area contributed by atoms with Gasteiger partial charge in [-0.1, -0.05) is 13.8 Å². The molecule has 0 spiro atoms. The van der Waals surface area contributed by atoms with Crippen molar-refractivity contribution in [2.45, 2.75) is 39.5 Å². The molecule has 0 heterocycles. The largest absolute Gasteiger partial charge is 0.494 e. The summed E-state index contributed by atoms with van der Waals surface area (Å²) in [5.41, 5.74) is 1.37. The number of hydrogen-bond acceptors (Lipinski definition) is 6. The Morgan fingerprint density at radius 1 is 0.632 bits per heavy atom. The van der Waals surface area contributed by atoms with Gasteiger partial charge in [0.2, 0.25) is 0 Å². The fourth-order valence-electron chi connectivity index (χ4n) is 4.24. The van der Waals surface area contributed by atoms with E-state index in [1.54, 1.807) is 0 Å². The minimum absolute atomic E-state index is 0. The van der Waals surface area contributed by atoms with Gasteiger partial charge in [0.15, 0.2) is 11.6 Å². The van der Waals surface area contributed by atoms with Crippen LogP contribution in [0.3, 0.4) is 0 Å². The number of Topliss-reactive ketones (excluding diaryl/α,β-unsaturated/α-hetero) is 2. The molecule has 0 saturated heterocycles. The highest BCUT2D eigenvalue weighted by atomic mass is 35.5. The van der Waals surface area contributed by atoms with E-state index in [0.717, 1.165) is 24.3 Å². The van der Waals surface area contributed by atoms with Crippen LogP contribution in [0.1, 0.15) is 60.2 Å². The number of halogens is 2. The Bertz CT molecular complexity index is 857. The fraction of sp³-hybridized carbons (Fsp3) is 0.533.